The first-order chi connectivity index (χ1) is 9.49. The van der Waals surface area contributed by atoms with Gasteiger partial charge in [0.15, 0.2) is 0 Å². The Labute approximate surface area is 121 Å². The number of carbonyl (C=O) groups excluding carboxylic acids is 1. The number of nitrogen functional groups attached to an aromatic ring is 1. The smallest absolute Gasteiger partial charge is 0.248 e. The van der Waals surface area contributed by atoms with Gasteiger partial charge in [-0.3, -0.25) is 9.89 Å². The number of hydrogen-bond donors (Lipinski definition) is 2. The predicted molar refractivity (Wildman–Crippen MR) is 75.0 cm³/mol. The number of ketones is 1. The van der Waals surface area contributed by atoms with Crippen LogP contribution in [0.15, 0.2) is 27.1 Å². The maximum absolute atomic E-state index is 13.8. The van der Waals surface area contributed by atoms with Gasteiger partial charge in [0.25, 0.3) is 0 Å². The Kier molecular flexibility index (Phi) is 2.86. The van der Waals surface area contributed by atoms with Crippen molar-refractivity contribution in [3.63, 3.8) is 0 Å². The number of anilines is 1. The lowest BCUT2D eigenvalue weighted by atomic mass is 10.0. The summed E-state index contributed by atoms with van der Waals surface area (Å²) >= 11 is 3.21. The van der Waals surface area contributed by atoms with E-state index in [1.54, 1.807) is 6.92 Å². The molecule has 3 aromatic rings. The van der Waals surface area contributed by atoms with E-state index in [0.717, 1.165) is 0 Å². The number of nitrogens with two attached hydrogens (primary N) is 1. The lowest BCUT2D eigenvalue weighted by molar-refractivity contribution is 0.103. The number of aromatic nitrogens is 2. The van der Waals surface area contributed by atoms with Crippen molar-refractivity contribution >= 4 is 38.7 Å². The summed E-state index contributed by atoms with van der Waals surface area (Å²) in [5, 5.41) is 7.07. The average Bonchev–Trinajstić information content (AvgIpc) is 2.91. The van der Waals surface area contributed by atoms with Crippen molar-refractivity contribution in [2.45, 2.75) is 6.92 Å². The second kappa shape index (κ2) is 4.45. The number of aromatic amines is 1. The fourth-order valence-corrected chi connectivity index (χ4v) is 2.45. The van der Waals surface area contributed by atoms with Gasteiger partial charge in [-0.1, -0.05) is 15.9 Å². The zero-order valence-corrected chi connectivity index (χ0v) is 11.9. The molecule has 1 aromatic carbocycles. The van der Waals surface area contributed by atoms with Crippen molar-refractivity contribution in [3.05, 3.63) is 45.3 Å². The largest absolute Gasteiger partial charge is 0.420 e. The summed E-state index contributed by atoms with van der Waals surface area (Å²) < 4.78 is 19.6. The molecule has 2 aromatic heterocycles. The molecule has 0 aliphatic heterocycles. The van der Waals surface area contributed by atoms with E-state index in [9.17, 15) is 9.18 Å². The van der Waals surface area contributed by atoms with Gasteiger partial charge in [0, 0.05) is 10.2 Å². The molecule has 0 bridgehead atoms. The summed E-state index contributed by atoms with van der Waals surface area (Å²) in [5.74, 6) is -1.22. The van der Waals surface area contributed by atoms with Crippen LogP contribution in [0.25, 0.3) is 11.1 Å². The van der Waals surface area contributed by atoms with Crippen molar-refractivity contribution in [3.8, 4) is 0 Å². The lowest BCUT2D eigenvalue weighted by Gasteiger charge is -2.03. The number of aryl methyl sites for hydroxylation is 1. The van der Waals surface area contributed by atoms with Gasteiger partial charge in [-0.05, 0) is 25.1 Å². The highest BCUT2D eigenvalue weighted by molar-refractivity contribution is 9.10. The van der Waals surface area contributed by atoms with Crippen LogP contribution < -0.4 is 5.73 Å². The van der Waals surface area contributed by atoms with Crippen LogP contribution in [0.2, 0.25) is 0 Å². The molecule has 0 aliphatic rings. The molecule has 102 valence electrons. The van der Waals surface area contributed by atoms with Gasteiger partial charge in [-0.25, -0.2) is 4.39 Å². The Hall–Kier alpha value is -2.15. The van der Waals surface area contributed by atoms with Gasteiger partial charge >= 0.3 is 0 Å². The summed E-state index contributed by atoms with van der Waals surface area (Å²) in [7, 11) is 0. The van der Waals surface area contributed by atoms with Crippen LogP contribution in [-0.2, 0) is 0 Å². The normalized spacial score (nSPS) is 11.2. The third-order valence-electron chi connectivity index (χ3n) is 3.02. The Morgan fingerprint density at radius 3 is 3.00 bits per heavy atom. The number of furan rings is 1. The third kappa shape index (κ3) is 1.82. The Balaban J connectivity index is 2.24. The van der Waals surface area contributed by atoms with Crippen LogP contribution in [0.5, 0.6) is 0 Å². The van der Waals surface area contributed by atoms with E-state index in [1.807, 2.05) is 0 Å². The van der Waals surface area contributed by atoms with Crippen LogP contribution in [0.3, 0.4) is 0 Å². The second-order valence-corrected chi connectivity index (χ2v) is 5.24. The maximum Gasteiger partial charge on any atom is 0.248 e. The van der Waals surface area contributed by atoms with Gasteiger partial charge in [0.2, 0.25) is 17.4 Å². The molecule has 0 fully saturated rings. The molecule has 0 atom stereocenters. The third-order valence-corrected chi connectivity index (χ3v) is 3.51. The predicted octanol–water partition coefficient (Wildman–Crippen LogP) is 3.18. The number of H-pyrrole nitrogens is 1. The summed E-state index contributed by atoms with van der Waals surface area (Å²) in [6, 6.07) is 4.14. The standard InChI is InChI=1S/C13H9BrFN3O2/c1-5-9-10(12(16)20-13(9)18-17-5)11(19)7-4-6(14)2-3-8(7)15/h2-4H,16H2,1H3,(H,17,18). The molecule has 0 saturated heterocycles. The molecule has 0 amide bonds. The molecule has 20 heavy (non-hydrogen) atoms. The summed E-state index contributed by atoms with van der Waals surface area (Å²) in [6.07, 6.45) is 0. The van der Waals surface area contributed by atoms with E-state index in [1.165, 1.54) is 18.2 Å². The van der Waals surface area contributed by atoms with Crippen molar-refractivity contribution in [2.24, 2.45) is 0 Å². The molecule has 5 nitrogen and oxygen atoms in total. The topological polar surface area (TPSA) is 84.9 Å². The maximum atomic E-state index is 13.8. The molecule has 0 saturated carbocycles. The summed E-state index contributed by atoms with van der Waals surface area (Å²) in [4.78, 5) is 12.5. The molecule has 0 radical (unpaired) electrons. The van der Waals surface area contributed by atoms with Gasteiger partial charge in [0.05, 0.1) is 16.5 Å². The first-order valence-corrected chi connectivity index (χ1v) is 6.51. The minimum absolute atomic E-state index is 0.0658. The quantitative estimate of drug-likeness (QED) is 0.703. The van der Waals surface area contributed by atoms with E-state index < -0.39 is 11.6 Å². The Morgan fingerprint density at radius 2 is 2.25 bits per heavy atom. The van der Waals surface area contributed by atoms with Crippen molar-refractivity contribution in [1.29, 1.82) is 0 Å². The summed E-state index contributed by atoms with van der Waals surface area (Å²) in [5.41, 5.74) is 6.64. The number of nitrogens with one attached hydrogen (secondary N) is 1. The number of nitrogens with zero attached hydrogens (tertiary/aromatic N) is 1. The minimum Gasteiger partial charge on any atom is -0.420 e. The van der Waals surface area contributed by atoms with Gasteiger partial charge < -0.3 is 10.2 Å². The fourth-order valence-electron chi connectivity index (χ4n) is 2.09. The highest BCUT2D eigenvalue weighted by atomic mass is 79.9. The minimum atomic E-state index is -0.618. The number of fused-ring (bicyclic) bond motifs is 1. The van der Waals surface area contributed by atoms with Crippen molar-refractivity contribution in [1.82, 2.24) is 10.2 Å². The SMILES string of the molecule is Cc1[nH]nc2oc(N)c(C(=O)c3cc(Br)ccc3F)c12. The lowest BCUT2D eigenvalue weighted by Crippen LogP contribution is -2.06. The van der Waals surface area contributed by atoms with Crippen LogP contribution in [0.1, 0.15) is 21.6 Å². The van der Waals surface area contributed by atoms with Gasteiger partial charge in [0.1, 0.15) is 5.82 Å². The number of halogens is 2. The number of hydrogen-bond acceptors (Lipinski definition) is 4. The zero-order valence-electron chi connectivity index (χ0n) is 10.3. The van der Waals surface area contributed by atoms with Crippen LogP contribution >= 0.6 is 15.9 Å². The molecule has 0 spiro atoms. The Bertz CT molecular complexity index is 838. The number of benzene rings is 1. The Morgan fingerprint density at radius 1 is 1.50 bits per heavy atom. The molecular weight excluding hydrogens is 329 g/mol. The number of rotatable bonds is 2. The first kappa shape index (κ1) is 12.9. The zero-order chi connectivity index (χ0) is 14.4. The fraction of sp³-hybridized carbons (Fsp3) is 0.0769. The first-order valence-electron chi connectivity index (χ1n) is 5.71. The second-order valence-electron chi connectivity index (χ2n) is 4.32. The monoisotopic (exact) mass is 337 g/mol. The van der Waals surface area contributed by atoms with Crippen molar-refractivity contribution < 1.29 is 13.6 Å². The summed E-state index contributed by atoms with van der Waals surface area (Å²) in [6.45, 7) is 1.73. The molecule has 0 aliphatic carbocycles. The molecular formula is C13H9BrFN3O2. The van der Waals surface area contributed by atoms with E-state index >= 15 is 0 Å². The molecule has 3 N–H and O–H groups in total. The average molecular weight is 338 g/mol. The van der Waals surface area contributed by atoms with Gasteiger partial charge in [-0.2, -0.15) is 0 Å². The van der Waals surface area contributed by atoms with Crippen LogP contribution in [-0.4, -0.2) is 16.0 Å². The molecule has 7 heteroatoms. The molecule has 2 heterocycles. The van der Waals surface area contributed by atoms with Crippen LogP contribution in [0.4, 0.5) is 10.3 Å². The van der Waals surface area contributed by atoms with Crippen LogP contribution in [0, 0.1) is 12.7 Å². The molecule has 3 rings (SSSR count). The molecule has 0 unspecified atom stereocenters. The van der Waals surface area contributed by atoms with Crippen molar-refractivity contribution in [2.75, 3.05) is 5.73 Å². The van der Waals surface area contributed by atoms with E-state index in [4.69, 9.17) is 10.2 Å². The van der Waals surface area contributed by atoms with E-state index in [0.29, 0.717) is 15.6 Å². The van der Waals surface area contributed by atoms with E-state index in [-0.39, 0.29) is 22.7 Å². The highest BCUT2D eigenvalue weighted by Crippen LogP contribution is 2.31. The van der Waals surface area contributed by atoms with Gasteiger partial charge in [-0.15, -0.1) is 5.10 Å². The highest BCUT2D eigenvalue weighted by Gasteiger charge is 2.25. The number of carbonyl (C=O) groups is 1. The van der Waals surface area contributed by atoms with E-state index in [2.05, 4.69) is 26.1 Å².